The first-order valence-corrected chi connectivity index (χ1v) is 9.07. The Bertz CT molecular complexity index is 794. The summed E-state index contributed by atoms with van der Waals surface area (Å²) in [6.45, 7) is 14.4. The Hall–Kier alpha value is -2.35. The summed E-state index contributed by atoms with van der Waals surface area (Å²) in [5.41, 5.74) is 3.73. The van der Waals surface area contributed by atoms with Gasteiger partial charge in [0.15, 0.2) is 5.78 Å². The first kappa shape index (κ1) is 20.0. The molecule has 2 aromatic carbocycles. The van der Waals surface area contributed by atoms with Crippen LogP contribution in [-0.2, 0) is 10.8 Å². The zero-order valence-electron chi connectivity index (χ0n) is 17.0. The van der Waals surface area contributed by atoms with Crippen molar-refractivity contribution >= 4 is 11.9 Å². The Labute approximate surface area is 157 Å². The maximum Gasteiger partial charge on any atom is 0.188 e. The van der Waals surface area contributed by atoms with Gasteiger partial charge in [0.05, 0.1) is 0 Å². The third-order valence-corrected chi connectivity index (χ3v) is 4.53. The average molecular weight is 351 g/mol. The number of benzene rings is 2. The summed E-state index contributed by atoms with van der Waals surface area (Å²) in [5.74, 6) is 0.377. The molecule has 2 rings (SSSR count). The van der Waals surface area contributed by atoms with Crippen molar-refractivity contribution in [1.29, 1.82) is 0 Å². The van der Waals surface area contributed by atoms with Crippen LogP contribution in [0.1, 0.15) is 75.5 Å². The van der Waals surface area contributed by atoms with Gasteiger partial charge < -0.3 is 5.11 Å². The standard InChI is InChI=1S/C24H30O2/c1-16(21(25)18-11-9-8-10-12-18)13-17-14-19(23(2,3)4)22(26)20(15-17)24(5,6)7/h8-15,26H,1-7H3/b16-13+. The molecule has 1 N–H and O–H groups in total. The summed E-state index contributed by atoms with van der Waals surface area (Å²) in [6.07, 6.45) is 1.92. The largest absolute Gasteiger partial charge is 0.507 e. The Morgan fingerprint density at radius 3 is 1.77 bits per heavy atom. The maximum absolute atomic E-state index is 12.7. The van der Waals surface area contributed by atoms with Crippen LogP contribution in [0.5, 0.6) is 5.75 Å². The van der Waals surface area contributed by atoms with Crippen molar-refractivity contribution < 1.29 is 9.90 Å². The number of rotatable bonds is 3. The average Bonchev–Trinajstić information content (AvgIpc) is 2.54. The van der Waals surface area contributed by atoms with E-state index in [9.17, 15) is 9.90 Å². The molecule has 0 unspecified atom stereocenters. The highest BCUT2D eigenvalue weighted by Gasteiger charge is 2.26. The highest BCUT2D eigenvalue weighted by atomic mass is 16.3. The van der Waals surface area contributed by atoms with E-state index in [0.29, 0.717) is 16.9 Å². The number of phenolic OH excluding ortho intramolecular Hbond substituents is 1. The summed E-state index contributed by atoms with van der Waals surface area (Å²) in [4.78, 5) is 12.7. The molecule has 0 saturated carbocycles. The van der Waals surface area contributed by atoms with Crippen molar-refractivity contribution in [2.45, 2.75) is 59.3 Å². The van der Waals surface area contributed by atoms with Crippen LogP contribution in [-0.4, -0.2) is 10.9 Å². The smallest absolute Gasteiger partial charge is 0.188 e. The fourth-order valence-corrected chi connectivity index (χ4v) is 3.02. The number of ketones is 1. The number of carbonyl (C=O) groups is 1. The van der Waals surface area contributed by atoms with Crippen LogP contribution in [0.3, 0.4) is 0 Å². The predicted molar refractivity (Wildman–Crippen MR) is 110 cm³/mol. The van der Waals surface area contributed by atoms with Gasteiger partial charge in [0, 0.05) is 16.7 Å². The molecule has 0 radical (unpaired) electrons. The highest BCUT2D eigenvalue weighted by Crippen LogP contribution is 2.40. The molecule has 0 aliphatic rings. The Morgan fingerprint density at radius 1 is 0.885 bits per heavy atom. The lowest BCUT2D eigenvalue weighted by atomic mass is 9.78. The number of Topliss-reactive ketones (excluding diaryl/α,β-unsaturated/α-hetero) is 1. The van der Waals surface area contributed by atoms with Gasteiger partial charge in [0.25, 0.3) is 0 Å². The third kappa shape index (κ3) is 4.43. The Morgan fingerprint density at radius 2 is 1.35 bits per heavy atom. The minimum absolute atomic E-state index is 0.0216. The second kappa shape index (κ2) is 7.11. The number of aromatic hydroxyl groups is 1. The van der Waals surface area contributed by atoms with Crippen LogP contribution in [0, 0.1) is 0 Å². The fraction of sp³-hybridized carbons (Fsp3) is 0.375. The summed E-state index contributed by atoms with van der Waals surface area (Å²) in [7, 11) is 0. The van der Waals surface area contributed by atoms with Gasteiger partial charge in [-0.15, -0.1) is 0 Å². The number of hydrogen-bond donors (Lipinski definition) is 1. The lowest BCUT2D eigenvalue weighted by Crippen LogP contribution is -2.17. The molecule has 138 valence electrons. The summed E-state index contributed by atoms with van der Waals surface area (Å²) >= 11 is 0. The van der Waals surface area contributed by atoms with E-state index in [0.717, 1.165) is 16.7 Å². The van der Waals surface area contributed by atoms with E-state index in [-0.39, 0.29) is 16.6 Å². The van der Waals surface area contributed by atoms with Crippen molar-refractivity contribution in [3.63, 3.8) is 0 Å². The van der Waals surface area contributed by atoms with Crippen LogP contribution in [0.25, 0.3) is 6.08 Å². The Balaban J connectivity index is 2.57. The minimum atomic E-state index is -0.189. The van der Waals surface area contributed by atoms with Gasteiger partial charge in [-0.1, -0.05) is 71.9 Å². The van der Waals surface area contributed by atoms with Gasteiger partial charge in [0.2, 0.25) is 0 Å². The van der Waals surface area contributed by atoms with Crippen LogP contribution >= 0.6 is 0 Å². The third-order valence-electron chi connectivity index (χ3n) is 4.53. The van der Waals surface area contributed by atoms with Gasteiger partial charge in [0.1, 0.15) is 5.75 Å². The van der Waals surface area contributed by atoms with Crippen molar-refractivity contribution in [2.24, 2.45) is 0 Å². The normalized spacial score (nSPS) is 13.0. The Kier molecular flexibility index (Phi) is 5.46. The lowest BCUT2D eigenvalue weighted by molar-refractivity contribution is 0.103. The summed E-state index contributed by atoms with van der Waals surface area (Å²) in [6, 6.07) is 13.3. The van der Waals surface area contributed by atoms with Crippen LogP contribution in [0.2, 0.25) is 0 Å². The quantitative estimate of drug-likeness (QED) is 0.523. The summed E-state index contributed by atoms with van der Waals surface area (Å²) < 4.78 is 0. The molecule has 0 amide bonds. The number of hydrogen-bond acceptors (Lipinski definition) is 2. The second-order valence-electron chi connectivity index (χ2n) is 8.99. The van der Waals surface area contributed by atoms with Crippen molar-refractivity contribution in [3.05, 3.63) is 70.3 Å². The van der Waals surface area contributed by atoms with E-state index in [1.54, 1.807) is 0 Å². The van der Waals surface area contributed by atoms with E-state index in [1.807, 2.05) is 55.5 Å². The zero-order chi connectivity index (χ0) is 19.7. The van der Waals surface area contributed by atoms with Crippen LogP contribution in [0.4, 0.5) is 0 Å². The molecule has 2 nitrogen and oxygen atoms in total. The van der Waals surface area contributed by atoms with E-state index in [2.05, 4.69) is 41.5 Å². The molecule has 0 spiro atoms. The molecule has 26 heavy (non-hydrogen) atoms. The SMILES string of the molecule is C/C(=C\c1cc(C(C)(C)C)c(O)c(C(C)(C)C)c1)C(=O)c1ccccc1. The number of phenols is 1. The number of allylic oxidation sites excluding steroid dienone is 1. The monoisotopic (exact) mass is 350 g/mol. The molecular weight excluding hydrogens is 320 g/mol. The van der Waals surface area contributed by atoms with E-state index in [1.165, 1.54) is 0 Å². The molecular formula is C24H30O2. The first-order valence-electron chi connectivity index (χ1n) is 9.07. The molecule has 0 heterocycles. The predicted octanol–water partition coefficient (Wildman–Crippen LogP) is 6.27. The molecule has 0 fully saturated rings. The van der Waals surface area contributed by atoms with Crippen LogP contribution < -0.4 is 0 Å². The lowest BCUT2D eigenvalue weighted by Gasteiger charge is -2.28. The van der Waals surface area contributed by atoms with Gasteiger partial charge in [-0.2, -0.15) is 0 Å². The zero-order valence-corrected chi connectivity index (χ0v) is 17.0. The maximum atomic E-state index is 12.7. The fourth-order valence-electron chi connectivity index (χ4n) is 3.02. The second-order valence-corrected chi connectivity index (χ2v) is 8.99. The van der Waals surface area contributed by atoms with E-state index in [4.69, 9.17) is 0 Å². The highest BCUT2D eigenvalue weighted by molar-refractivity contribution is 6.10. The van der Waals surface area contributed by atoms with Gasteiger partial charge in [-0.25, -0.2) is 0 Å². The van der Waals surface area contributed by atoms with Crippen LogP contribution in [0.15, 0.2) is 48.0 Å². The molecule has 0 bridgehead atoms. The van der Waals surface area contributed by atoms with Crippen molar-refractivity contribution in [1.82, 2.24) is 0 Å². The molecule has 0 aliphatic heterocycles. The molecule has 2 aromatic rings. The van der Waals surface area contributed by atoms with Gasteiger partial charge in [-0.3, -0.25) is 4.79 Å². The van der Waals surface area contributed by atoms with Crippen molar-refractivity contribution in [2.75, 3.05) is 0 Å². The van der Waals surface area contributed by atoms with Gasteiger partial charge in [-0.05, 0) is 47.1 Å². The molecule has 0 aromatic heterocycles. The molecule has 0 saturated heterocycles. The summed E-state index contributed by atoms with van der Waals surface area (Å²) in [5, 5.41) is 10.8. The topological polar surface area (TPSA) is 37.3 Å². The molecule has 2 heteroatoms. The number of carbonyl (C=O) groups excluding carboxylic acids is 1. The molecule has 0 atom stereocenters. The van der Waals surface area contributed by atoms with Gasteiger partial charge >= 0.3 is 0 Å². The molecule has 0 aliphatic carbocycles. The first-order chi connectivity index (χ1) is 11.9. The van der Waals surface area contributed by atoms with E-state index >= 15 is 0 Å². The minimum Gasteiger partial charge on any atom is -0.507 e. The van der Waals surface area contributed by atoms with Crippen molar-refractivity contribution in [3.8, 4) is 5.75 Å². The van der Waals surface area contributed by atoms with E-state index < -0.39 is 0 Å².